The van der Waals surface area contributed by atoms with Gasteiger partial charge < -0.3 is 15.5 Å². The Labute approximate surface area is 186 Å². The average molecular weight is 527 g/mol. The lowest BCUT2D eigenvalue weighted by Crippen LogP contribution is -2.40. The van der Waals surface area contributed by atoms with E-state index in [1.807, 2.05) is 12.1 Å². The van der Waals surface area contributed by atoms with Gasteiger partial charge in [0.1, 0.15) is 0 Å². The number of nitrogens with zero attached hydrogens (tertiary/aromatic N) is 3. The molecule has 1 aromatic rings. The van der Waals surface area contributed by atoms with E-state index in [0.717, 1.165) is 12.0 Å². The van der Waals surface area contributed by atoms with Crippen LogP contribution in [0.2, 0.25) is 0 Å². The zero-order valence-electron chi connectivity index (χ0n) is 16.9. The van der Waals surface area contributed by atoms with Crippen LogP contribution in [0.5, 0.6) is 0 Å². The van der Waals surface area contributed by atoms with Gasteiger partial charge in [0.25, 0.3) is 5.91 Å². The topological polar surface area (TPSA) is 60.0 Å². The van der Waals surface area contributed by atoms with Crippen molar-refractivity contribution in [3.63, 3.8) is 0 Å². The van der Waals surface area contributed by atoms with Crippen LogP contribution in [-0.4, -0.2) is 75.2 Å². The molecule has 1 fully saturated rings. The molecule has 164 valence electrons. The Bertz CT molecular complexity index is 679. The normalized spacial score (nSPS) is 17.6. The molecule has 1 aliphatic heterocycles. The average Bonchev–Trinajstić information content (AvgIpc) is 3.07. The SMILES string of the molecule is CN=C(NCc1ccc(C(=O)N(C)C)cc1)NCC1CCN(CC(F)(F)F)C1.I. The molecule has 0 spiro atoms. The van der Waals surface area contributed by atoms with E-state index >= 15 is 0 Å². The summed E-state index contributed by atoms with van der Waals surface area (Å²) in [5, 5.41) is 6.36. The second-order valence-corrected chi connectivity index (χ2v) is 7.21. The second-order valence-electron chi connectivity index (χ2n) is 7.21. The minimum atomic E-state index is -4.15. The molecule has 10 heteroatoms. The molecule has 1 amide bonds. The van der Waals surface area contributed by atoms with E-state index in [1.165, 1.54) is 9.80 Å². The number of hydrogen-bond acceptors (Lipinski definition) is 3. The fraction of sp³-hybridized carbons (Fsp3) is 0.579. The van der Waals surface area contributed by atoms with Crippen LogP contribution in [0, 0.1) is 5.92 Å². The van der Waals surface area contributed by atoms with Crippen molar-refractivity contribution in [3.8, 4) is 0 Å². The summed E-state index contributed by atoms with van der Waals surface area (Å²) in [5.41, 5.74) is 1.62. The number of likely N-dealkylation sites (tertiary alicyclic amines) is 1. The van der Waals surface area contributed by atoms with Gasteiger partial charge in [-0.15, -0.1) is 24.0 Å². The van der Waals surface area contributed by atoms with E-state index in [4.69, 9.17) is 0 Å². The third kappa shape index (κ3) is 8.77. The summed E-state index contributed by atoms with van der Waals surface area (Å²) in [6, 6.07) is 7.32. The highest BCUT2D eigenvalue weighted by atomic mass is 127. The van der Waals surface area contributed by atoms with Crippen molar-refractivity contribution < 1.29 is 18.0 Å². The molecule has 0 aliphatic carbocycles. The predicted molar refractivity (Wildman–Crippen MR) is 119 cm³/mol. The third-order valence-electron chi connectivity index (χ3n) is 4.62. The highest BCUT2D eigenvalue weighted by Crippen LogP contribution is 2.22. The van der Waals surface area contributed by atoms with Crippen LogP contribution in [-0.2, 0) is 6.54 Å². The zero-order chi connectivity index (χ0) is 20.7. The predicted octanol–water partition coefficient (Wildman–Crippen LogP) is 2.56. The standard InChI is InChI=1S/C19H28F3N5O.HI/c1-23-18(25-11-15-8-9-27(12-15)13-19(20,21)22)24-10-14-4-6-16(7-5-14)17(28)26(2)3;/h4-7,15H,8-13H2,1-3H3,(H2,23,24,25);1H. The summed E-state index contributed by atoms with van der Waals surface area (Å²) < 4.78 is 37.4. The quantitative estimate of drug-likeness (QED) is 0.340. The van der Waals surface area contributed by atoms with Crippen molar-refractivity contribution in [2.24, 2.45) is 10.9 Å². The molecule has 0 radical (unpaired) electrons. The van der Waals surface area contributed by atoms with Crippen molar-refractivity contribution in [1.82, 2.24) is 20.4 Å². The summed E-state index contributed by atoms with van der Waals surface area (Å²) in [6.45, 7) is 1.16. The Hall–Kier alpha value is -1.56. The van der Waals surface area contributed by atoms with Gasteiger partial charge in [-0.2, -0.15) is 13.2 Å². The minimum absolute atomic E-state index is 0. The van der Waals surface area contributed by atoms with E-state index in [-0.39, 0.29) is 35.8 Å². The van der Waals surface area contributed by atoms with Crippen LogP contribution in [0.4, 0.5) is 13.2 Å². The first-order valence-corrected chi connectivity index (χ1v) is 9.22. The smallest absolute Gasteiger partial charge is 0.356 e. The fourth-order valence-electron chi connectivity index (χ4n) is 3.15. The van der Waals surface area contributed by atoms with Gasteiger partial charge in [-0.1, -0.05) is 12.1 Å². The van der Waals surface area contributed by atoms with Crippen LogP contribution >= 0.6 is 24.0 Å². The number of aliphatic imine (C=N–C) groups is 1. The van der Waals surface area contributed by atoms with Gasteiger partial charge in [-0.05, 0) is 36.6 Å². The minimum Gasteiger partial charge on any atom is -0.356 e. The molecule has 1 heterocycles. The summed E-state index contributed by atoms with van der Waals surface area (Å²) in [4.78, 5) is 19.0. The van der Waals surface area contributed by atoms with Gasteiger partial charge >= 0.3 is 6.18 Å². The van der Waals surface area contributed by atoms with Crippen LogP contribution in [0.3, 0.4) is 0 Å². The number of rotatable bonds is 6. The maximum atomic E-state index is 12.5. The maximum absolute atomic E-state index is 12.5. The van der Waals surface area contributed by atoms with Gasteiger partial charge in [0.05, 0.1) is 6.54 Å². The molecular formula is C19H29F3IN5O. The molecule has 1 aliphatic rings. The number of hydrogen-bond donors (Lipinski definition) is 2. The summed E-state index contributed by atoms with van der Waals surface area (Å²) in [5.74, 6) is 0.716. The van der Waals surface area contributed by atoms with Gasteiger partial charge in [0.15, 0.2) is 5.96 Å². The second kappa shape index (κ2) is 11.6. The number of halogens is 4. The highest BCUT2D eigenvalue weighted by molar-refractivity contribution is 14.0. The van der Waals surface area contributed by atoms with Crippen molar-refractivity contribution in [2.75, 3.05) is 47.3 Å². The number of amides is 1. The van der Waals surface area contributed by atoms with Crippen molar-refractivity contribution >= 4 is 35.8 Å². The summed E-state index contributed by atoms with van der Waals surface area (Å²) >= 11 is 0. The van der Waals surface area contributed by atoms with Gasteiger partial charge in [-0.3, -0.25) is 14.7 Å². The van der Waals surface area contributed by atoms with Crippen LogP contribution in [0.15, 0.2) is 29.3 Å². The lowest BCUT2D eigenvalue weighted by molar-refractivity contribution is -0.143. The summed E-state index contributed by atoms with van der Waals surface area (Å²) in [7, 11) is 5.07. The Kier molecular flexibility index (Phi) is 10.2. The number of carbonyl (C=O) groups is 1. The molecule has 0 aromatic heterocycles. The molecule has 2 rings (SSSR count). The monoisotopic (exact) mass is 527 g/mol. The van der Waals surface area contributed by atoms with Crippen LogP contribution < -0.4 is 10.6 Å². The molecule has 1 saturated heterocycles. The number of benzene rings is 1. The van der Waals surface area contributed by atoms with E-state index in [2.05, 4.69) is 15.6 Å². The van der Waals surface area contributed by atoms with E-state index in [9.17, 15) is 18.0 Å². The van der Waals surface area contributed by atoms with Crippen molar-refractivity contribution in [2.45, 2.75) is 19.1 Å². The first-order chi connectivity index (χ1) is 13.2. The van der Waals surface area contributed by atoms with Crippen LogP contribution in [0.25, 0.3) is 0 Å². The zero-order valence-corrected chi connectivity index (χ0v) is 19.3. The Morgan fingerprint density at radius 3 is 2.45 bits per heavy atom. The van der Waals surface area contributed by atoms with E-state index in [0.29, 0.717) is 37.7 Å². The first kappa shape index (κ1) is 25.5. The molecule has 1 aromatic carbocycles. The number of alkyl halides is 3. The van der Waals surface area contributed by atoms with Gasteiger partial charge in [0.2, 0.25) is 0 Å². The summed E-state index contributed by atoms with van der Waals surface area (Å²) in [6.07, 6.45) is -3.41. The third-order valence-corrected chi connectivity index (χ3v) is 4.62. The first-order valence-electron chi connectivity index (χ1n) is 9.22. The fourth-order valence-corrected chi connectivity index (χ4v) is 3.15. The van der Waals surface area contributed by atoms with E-state index < -0.39 is 12.7 Å². The van der Waals surface area contributed by atoms with Crippen molar-refractivity contribution in [1.29, 1.82) is 0 Å². The van der Waals surface area contributed by atoms with Crippen LogP contribution in [0.1, 0.15) is 22.3 Å². The van der Waals surface area contributed by atoms with Crippen molar-refractivity contribution in [3.05, 3.63) is 35.4 Å². The highest BCUT2D eigenvalue weighted by Gasteiger charge is 2.34. The molecule has 29 heavy (non-hydrogen) atoms. The molecule has 0 bridgehead atoms. The molecule has 6 nitrogen and oxygen atoms in total. The Balaban J connectivity index is 0.00000420. The number of guanidine groups is 1. The lowest BCUT2D eigenvalue weighted by Gasteiger charge is -2.18. The molecule has 1 unspecified atom stereocenters. The lowest BCUT2D eigenvalue weighted by atomic mass is 10.1. The molecule has 2 N–H and O–H groups in total. The number of carbonyl (C=O) groups excluding carboxylic acids is 1. The van der Waals surface area contributed by atoms with Gasteiger partial charge in [-0.25, -0.2) is 0 Å². The van der Waals surface area contributed by atoms with Gasteiger partial charge in [0, 0.05) is 46.3 Å². The molecular weight excluding hydrogens is 498 g/mol. The van der Waals surface area contributed by atoms with E-state index in [1.54, 1.807) is 33.3 Å². The largest absolute Gasteiger partial charge is 0.401 e. The number of nitrogens with one attached hydrogen (secondary N) is 2. The molecule has 0 saturated carbocycles. The Morgan fingerprint density at radius 2 is 1.90 bits per heavy atom. The molecule has 1 atom stereocenters. The Morgan fingerprint density at radius 1 is 1.24 bits per heavy atom. The maximum Gasteiger partial charge on any atom is 0.401 e.